The van der Waals surface area contributed by atoms with Gasteiger partial charge in [-0.25, -0.2) is 4.98 Å². The van der Waals surface area contributed by atoms with E-state index in [0.29, 0.717) is 29.1 Å². The number of ether oxygens (including phenoxy) is 1. The van der Waals surface area contributed by atoms with E-state index in [4.69, 9.17) is 9.72 Å². The van der Waals surface area contributed by atoms with Gasteiger partial charge in [-0.2, -0.15) is 9.78 Å². The second-order valence-electron chi connectivity index (χ2n) is 8.39. The molecule has 0 saturated carbocycles. The van der Waals surface area contributed by atoms with Crippen LogP contribution in [-0.4, -0.2) is 15.9 Å². The summed E-state index contributed by atoms with van der Waals surface area (Å²) in [6, 6.07) is 17.6. The van der Waals surface area contributed by atoms with E-state index in [9.17, 15) is 4.79 Å². The van der Waals surface area contributed by atoms with Crippen molar-refractivity contribution >= 4 is 64.9 Å². The van der Waals surface area contributed by atoms with Gasteiger partial charge in [0, 0.05) is 10.4 Å². The zero-order valence-electron chi connectivity index (χ0n) is 19.6. The molecule has 4 rings (SSSR count). The maximum Gasteiger partial charge on any atom is 0.282 e. The summed E-state index contributed by atoms with van der Waals surface area (Å²) in [5.41, 5.74) is 3.58. The van der Waals surface area contributed by atoms with E-state index < -0.39 is 0 Å². The van der Waals surface area contributed by atoms with Gasteiger partial charge in [-0.1, -0.05) is 59.6 Å². The van der Waals surface area contributed by atoms with Crippen molar-refractivity contribution in [3.8, 4) is 5.75 Å². The highest BCUT2D eigenvalue weighted by Gasteiger charge is 2.16. The Labute approximate surface area is 229 Å². The van der Waals surface area contributed by atoms with Gasteiger partial charge in [0.25, 0.3) is 5.56 Å². The summed E-state index contributed by atoms with van der Waals surface area (Å²) in [6.07, 6.45) is 2.51. The molecule has 3 aromatic carbocycles. The first-order valence-electron chi connectivity index (χ1n) is 11.2. The van der Waals surface area contributed by atoms with Gasteiger partial charge in [0.2, 0.25) is 0 Å². The van der Waals surface area contributed by atoms with E-state index in [1.165, 1.54) is 10.2 Å². The number of hydrogen-bond donors (Lipinski definition) is 0. The Morgan fingerprint density at radius 1 is 1.06 bits per heavy atom. The predicted molar refractivity (Wildman–Crippen MR) is 153 cm³/mol. The summed E-state index contributed by atoms with van der Waals surface area (Å²) < 4.78 is 9.86. The molecule has 0 unspecified atom stereocenters. The molecule has 0 fully saturated rings. The van der Waals surface area contributed by atoms with Gasteiger partial charge in [0.15, 0.2) is 0 Å². The van der Waals surface area contributed by atoms with Crippen LogP contribution in [0.15, 0.2) is 77.9 Å². The Morgan fingerprint density at radius 2 is 1.74 bits per heavy atom. The van der Waals surface area contributed by atoms with Crippen molar-refractivity contribution in [2.24, 2.45) is 5.10 Å². The van der Waals surface area contributed by atoms with Crippen LogP contribution >= 0.6 is 47.8 Å². The number of nitrogens with zero attached hydrogens (tertiary/aromatic N) is 3. The minimum absolute atomic E-state index is 0.0731. The van der Waals surface area contributed by atoms with Crippen LogP contribution in [0, 0.1) is 6.92 Å². The molecule has 0 aliphatic carbocycles. The van der Waals surface area contributed by atoms with Crippen LogP contribution in [0.5, 0.6) is 5.75 Å². The summed E-state index contributed by atoms with van der Waals surface area (Å²) in [5.74, 6) is 1.42. The normalized spacial score (nSPS) is 12.4. The summed E-state index contributed by atoms with van der Waals surface area (Å²) in [5, 5.41) is 5.08. The highest BCUT2D eigenvalue weighted by molar-refractivity contribution is 9.11. The number of aromatic nitrogens is 2. The molecule has 8 heteroatoms. The van der Waals surface area contributed by atoms with Crippen LogP contribution in [0.1, 0.15) is 48.7 Å². The van der Waals surface area contributed by atoms with Crippen molar-refractivity contribution in [2.75, 3.05) is 0 Å². The smallest absolute Gasteiger partial charge is 0.282 e. The van der Waals surface area contributed by atoms with E-state index in [1.54, 1.807) is 12.3 Å². The molecular weight excluding hydrogens is 638 g/mol. The van der Waals surface area contributed by atoms with Crippen molar-refractivity contribution in [1.29, 1.82) is 0 Å². The minimum atomic E-state index is -0.195. The first-order valence-corrected chi connectivity index (χ1v) is 13.6. The first-order chi connectivity index (χ1) is 16.8. The van der Waals surface area contributed by atoms with Crippen molar-refractivity contribution in [2.45, 2.75) is 39.7 Å². The molecule has 0 N–H and O–H groups in total. The molecule has 4 aromatic rings. The summed E-state index contributed by atoms with van der Waals surface area (Å²) in [7, 11) is 0. The molecule has 0 spiro atoms. The lowest BCUT2D eigenvalue weighted by atomic mass is 10.1. The summed E-state index contributed by atoms with van der Waals surface area (Å²) >= 11 is 10.7. The average molecular weight is 662 g/mol. The van der Waals surface area contributed by atoms with Gasteiger partial charge in [0.05, 0.1) is 26.1 Å². The highest BCUT2D eigenvalue weighted by atomic mass is 79.9. The molecule has 1 atom stereocenters. The Kier molecular flexibility index (Phi) is 8.24. The molecule has 0 bridgehead atoms. The lowest BCUT2D eigenvalue weighted by Crippen LogP contribution is -2.23. The van der Waals surface area contributed by atoms with Gasteiger partial charge in [-0.3, -0.25) is 4.79 Å². The maximum absolute atomic E-state index is 13.3. The summed E-state index contributed by atoms with van der Waals surface area (Å²) in [6.45, 7) is 6.63. The number of hydrogen-bond acceptors (Lipinski definition) is 4. The van der Waals surface area contributed by atoms with Crippen molar-refractivity contribution in [1.82, 2.24) is 9.66 Å². The van der Waals surface area contributed by atoms with Gasteiger partial charge in [0.1, 0.15) is 18.2 Å². The first kappa shape index (κ1) is 25.8. The number of aryl methyl sites for hydroxylation is 1. The van der Waals surface area contributed by atoms with E-state index >= 15 is 0 Å². The third-order valence-electron chi connectivity index (χ3n) is 5.73. The van der Waals surface area contributed by atoms with E-state index in [2.05, 4.69) is 91.0 Å². The van der Waals surface area contributed by atoms with Crippen molar-refractivity contribution in [3.63, 3.8) is 0 Å². The molecular formula is C27H24Br3N3O2. The standard InChI is InChI=1S/C27H24Br3N3O2/c1-4-17(3)26-32-24-10-9-20(28)13-21(24)27(34)33(26)31-14-19-11-22(29)25(23(30)12-19)35-15-18-7-5-16(2)6-8-18/h5-14,17H,4,15H2,1-3H3/t17-/m0/s1. The summed E-state index contributed by atoms with van der Waals surface area (Å²) in [4.78, 5) is 18.1. The van der Waals surface area contributed by atoms with Gasteiger partial charge < -0.3 is 4.74 Å². The van der Waals surface area contributed by atoms with Crippen LogP contribution in [0.25, 0.3) is 10.9 Å². The SMILES string of the molecule is CC[C@H](C)c1nc2ccc(Br)cc2c(=O)n1N=Cc1cc(Br)c(OCc2ccc(C)cc2)c(Br)c1. The monoisotopic (exact) mass is 659 g/mol. The number of benzene rings is 3. The van der Waals surface area contributed by atoms with Crippen LogP contribution in [0.2, 0.25) is 0 Å². The fraction of sp³-hybridized carbons (Fsp3) is 0.222. The maximum atomic E-state index is 13.3. The van der Waals surface area contributed by atoms with E-state index in [0.717, 1.165) is 31.0 Å². The molecule has 0 amide bonds. The highest BCUT2D eigenvalue weighted by Crippen LogP contribution is 2.35. The lowest BCUT2D eigenvalue weighted by molar-refractivity contribution is 0.302. The van der Waals surface area contributed by atoms with E-state index in [-0.39, 0.29) is 11.5 Å². The molecule has 1 aromatic heterocycles. The molecule has 5 nitrogen and oxygen atoms in total. The predicted octanol–water partition coefficient (Wildman–Crippen LogP) is 7.97. The average Bonchev–Trinajstić information content (AvgIpc) is 2.83. The van der Waals surface area contributed by atoms with E-state index in [1.807, 2.05) is 31.2 Å². The Balaban J connectivity index is 1.66. The second-order valence-corrected chi connectivity index (χ2v) is 11.0. The quantitative estimate of drug-likeness (QED) is 0.189. The second kappa shape index (κ2) is 11.2. The van der Waals surface area contributed by atoms with Gasteiger partial charge in [-0.05, 0) is 86.7 Å². The van der Waals surface area contributed by atoms with Crippen LogP contribution in [0.3, 0.4) is 0 Å². The minimum Gasteiger partial charge on any atom is -0.487 e. The fourth-order valence-corrected chi connectivity index (χ4v) is 5.35. The molecule has 0 saturated heterocycles. The molecule has 1 heterocycles. The van der Waals surface area contributed by atoms with Crippen LogP contribution < -0.4 is 10.3 Å². The third-order valence-corrected chi connectivity index (χ3v) is 7.40. The van der Waals surface area contributed by atoms with Crippen LogP contribution in [-0.2, 0) is 6.61 Å². The molecule has 0 radical (unpaired) electrons. The largest absolute Gasteiger partial charge is 0.487 e. The Hall–Kier alpha value is -2.29. The van der Waals surface area contributed by atoms with Crippen LogP contribution in [0.4, 0.5) is 0 Å². The zero-order chi connectivity index (χ0) is 25.1. The van der Waals surface area contributed by atoms with Gasteiger partial charge in [-0.15, -0.1) is 0 Å². The van der Waals surface area contributed by atoms with Crippen molar-refractivity contribution in [3.05, 3.63) is 101 Å². The topological polar surface area (TPSA) is 56.5 Å². The Morgan fingerprint density at radius 3 is 2.40 bits per heavy atom. The lowest BCUT2D eigenvalue weighted by Gasteiger charge is -2.14. The van der Waals surface area contributed by atoms with Gasteiger partial charge >= 0.3 is 0 Å². The number of fused-ring (bicyclic) bond motifs is 1. The number of rotatable bonds is 7. The number of halogens is 3. The fourth-order valence-electron chi connectivity index (χ4n) is 3.54. The molecule has 0 aliphatic rings. The molecule has 0 aliphatic heterocycles. The molecule has 35 heavy (non-hydrogen) atoms. The molecule has 180 valence electrons. The third kappa shape index (κ3) is 5.93. The Bertz CT molecular complexity index is 1440. The zero-order valence-corrected chi connectivity index (χ0v) is 24.3. The van der Waals surface area contributed by atoms with Crippen molar-refractivity contribution < 1.29 is 4.74 Å².